The number of nitrogens with zero attached hydrogens (tertiary/aromatic N) is 2. The summed E-state index contributed by atoms with van der Waals surface area (Å²) in [7, 11) is 2.00. The maximum absolute atomic E-state index is 4.59. The molecular weight excluding hydrogens is 220 g/mol. The largest absolute Gasteiger partial charge is 0.272 e. The second kappa shape index (κ2) is 4.27. The minimum absolute atomic E-state index is 0.202. The highest BCUT2D eigenvalue weighted by Crippen LogP contribution is 2.27. The SMILES string of the molecule is Cc1c(-c2ccc(C(C)(C)C)cc2)nn(C)c1C. The van der Waals surface area contributed by atoms with Gasteiger partial charge in [-0.15, -0.1) is 0 Å². The first-order valence-corrected chi connectivity index (χ1v) is 6.42. The number of aryl methyl sites for hydroxylation is 1. The molecule has 1 heterocycles. The van der Waals surface area contributed by atoms with Crippen LogP contribution < -0.4 is 0 Å². The molecule has 0 aliphatic carbocycles. The lowest BCUT2D eigenvalue weighted by molar-refractivity contribution is 0.590. The molecule has 1 aromatic carbocycles. The number of aromatic nitrogens is 2. The number of hydrogen-bond acceptors (Lipinski definition) is 1. The van der Waals surface area contributed by atoms with E-state index in [0.717, 1.165) is 5.69 Å². The van der Waals surface area contributed by atoms with Crippen LogP contribution in [0.2, 0.25) is 0 Å². The van der Waals surface area contributed by atoms with Crippen molar-refractivity contribution in [2.75, 3.05) is 0 Å². The first kappa shape index (κ1) is 12.9. The highest BCUT2D eigenvalue weighted by atomic mass is 15.3. The van der Waals surface area contributed by atoms with E-state index in [1.807, 2.05) is 11.7 Å². The molecule has 2 heteroatoms. The summed E-state index contributed by atoms with van der Waals surface area (Å²) in [5.74, 6) is 0. The lowest BCUT2D eigenvalue weighted by Gasteiger charge is -2.19. The van der Waals surface area contributed by atoms with E-state index in [1.54, 1.807) is 0 Å². The highest BCUT2D eigenvalue weighted by Gasteiger charge is 2.15. The average molecular weight is 242 g/mol. The molecule has 0 radical (unpaired) electrons. The lowest BCUT2D eigenvalue weighted by atomic mass is 9.86. The van der Waals surface area contributed by atoms with Gasteiger partial charge in [-0.2, -0.15) is 5.10 Å². The Bertz CT molecular complexity index is 554. The Hall–Kier alpha value is -1.57. The smallest absolute Gasteiger partial charge is 0.0954 e. The second-order valence-corrected chi connectivity index (χ2v) is 6.01. The Balaban J connectivity index is 2.44. The normalized spacial score (nSPS) is 11.9. The van der Waals surface area contributed by atoms with Crippen molar-refractivity contribution in [1.82, 2.24) is 9.78 Å². The fraction of sp³-hybridized carbons (Fsp3) is 0.438. The lowest BCUT2D eigenvalue weighted by Crippen LogP contribution is -2.10. The minimum atomic E-state index is 0.202. The van der Waals surface area contributed by atoms with E-state index >= 15 is 0 Å². The molecule has 0 aliphatic heterocycles. The van der Waals surface area contributed by atoms with Gasteiger partial charge in [0.05, 0.1) is 5.69 Å². The van der Waals surface area contributed by atoms with Gasteiger partial charge in [-0.25, -0.2) is 0 Å². The van der Waals surface area contributed by atoms with Crippen LogP contribution in [0, 0.1) is 13.8 Å². The van der Waals surface area contributed by atoms with E-state index in [-0.39, 0.29) is 5.41 Å². The first-order chi connectivity index (χ1) is 8.30. The van der Waals surface area contributed by atoms with Gasteiger partial charge in [0.25, 0.3) is 0 Å². The Morgan fingerprint density at radius 2 is 1.56 bits per heavy atom. The predicted molar refractivity (Wildman–Crippen MR) is 76.8 cm³/mol. The maximum Gasteiger partial charge on any atom is 0.0954 e. The van der Waals surface area contributed by atoms with Crippen LogP contribution in [0.25, 0.3) is 11.3 Å². The van der Waals surface area contributed by atoms with E-state index < -0.39 is 0 Å². The molecule has 0 saturated heterocycles. The molecule has 0 amide bonds. The fourth-order valence-electron chi connectivity index (χ4n) is 2.12. The molecule has 2 rings (SSSR count). The highest BCUT2D eigenvalue weighted by molar-refractivity contribution is 5.64. The zero-order valence-electron chi connectivity index (χ0n) is 12.2. The van der Waals surface area contributed by atoms with Crippen molar-refractivity contribution < 1.29 is 0 Å². The third kappa shape index (κ3) is 2.20. The van der Waals surface area contributed by atoms with E-state index in [0.29, 0.717) is 0 Å². The van der Waals surface area contributed by atoms with Crippen molar-refractivity contribution in [3.63, 3.8) is 0 Å². The zero-order valence-corrected chi connectivity index (χ0v) is 12.2. The van der Waals surface area contributed by atoms with Crippen LogP contribution in [0.5, 0.6) is 0 Å². The molecular formula is C16H22N2. The summed E-state index contributed by atoms with van der Waals surface area (Å²) in [6.45, 7) is 10.9. The maximum atomic E-state index is 4.59. The van der Waals surface area contributed by atoms with Gasteiger partial charge in [0, 0.05) is 18.3 Å². The van der Waals surface area contributed by atoms with Crippen LogP contribution in [0.15, 0.2) is 24.3 Å². The molecule has 0 atom stereocenters. The van der Waals surface area contributed by atoms with E-state index in [4.69, 9.17) is 0 Å². The molecule has 0 fully saturated rings. The topological polar surface area (TPSA) is 17.8 Å². The molecule has 96 valence electrons. The van der Waals surface area contributed by atoms with Crippen molar-refractivity contribution in [3.8, 4) is 11.3 Å². The Morgan fingerprint density at radius 1 is 1.00 bits per heavy atom. The Labute approximate surface area is 110 Å². The summed E-state index contributed by atoms with van der Waals surface area (Å²) in [6, 6.07) is 8.77. The van der Waals surface area contributed by atoms with Crippen molar-refractivity contribution in [1.29, 1.82) is 0 Å². The third-order valence-electron chi connectivity index (χ3n) is 3.66. The summed E-state index contributed by atoms with van der Waals surface area (Å²) in [5.41, 5.74) is 6.34. The Kier molecular flexibility index (Phi) is 3.05. The molecule has 2 aromatic rings. The fourth-order valence-corrected chi connectivity index (χ4v) is 2.12. The molecule has 0 bridgehead atoms. The second-order valence-electron chi connectivity index (χ2n) is 6.01. The van der Waals surface area contributed by atoms with Crippen LogP contribution >= 0.6 is 0 Å². The molecule has 0 unspecified atom stereocenters. The Morgan fingerprint density at radius 3 is 1.94 bits per heavy atom. The predicted octanol–water partition coefficient (Wildman–Crippen LogP) is 4.00. The van der Waals surface area contributed by atoms with Crippen LogP contribution in [0.1, 0.15) is 37.6 Å². The quantitative estimate of drug-likeness (QED) is 0.739. The first-order valence-electron chi connectivity index (χ1n) is 6.42. The average Bonchev–Trinajstić information content (AvgIpc) is 2.56. The summed E-state index contributed by atoms with van der Waals surface area (Å²) in [5, 5.41) is 4.59. The molecule has 18 heavy (non-hydrogen) atoms. The summed E-state index contributed by atoms with van der Waals surface area (Å²) in [4.78, 5) is 0. The van der Waals surface area contributed by atoms with Gasteiger partial charge < -0.3 is 0 Å². The van der Waals surface area contributed by atoms with Crippen LogP contribution in [-0.4, -0.2) is 9.78 Å². The molecule has 0 spiro atoms. The molecule has 0 saturated carbocycles. The van der Waals surface area contributed by atoms with Gasteiger partial charge >= 0.3 is 0 Å². The van der Waals surface area contributed by atoms with Gasteiger partial charge in [-0.05, 0) is 30.4 Å². The monoisotopic (exact) mass is 242 g/mol. The number of rotatable bonds is 1. The standard InChI is InChI=1S/C16H22N2/c1-11-12(2)18(6)17-15(11)13-7-9-14(10-8-13)16(3,4)5/h7-10H,1-6H3. The van der Waals surface area contributed by atoms with Gasteiger partial charge in [0.2, 0.25) is 0 Å². The van der Waals surface area contributed by atoms with Crippen LogP contribution in [0.3, 0.4) is 0 Å². The zero-order chi connectivity index (χ0) is 13.5. The van der Waals surface area contributed by atoms with Gasteiger partial charge in [-0.3, -0.25) is 4.68 Å². The summed E-state index contributed by atoms with van der Waals surface area (Å²) >= 11 is 0. The molecule has 0 N–H and O–H groups in total. The van der Waals surface area contributed by atoms with Crippen LogP contribution in [-0.2, 0) is 12.5 Å². The molecule has 2 nitrogen and oxygen atoms in total. The molecule has 0 aliphatic rings. The van der Waals surface area contributed by atoms with Crippen molar-refractivity contribution >= 4 is 0 Å². The summed E-state index contributed by atoms with van der Waals surface area (Å²) < 4.78 is 1.95. The number of benzene rings is 1. The van der Waals surface area contributed by atoms with Gasteiger partial charge in [0.1, 0.15) is 0 Å². The third-order valence-corrected chi connectivity index (χ3v) is 3.66. The van der Waals surface area contributed by atoms with Crippen molar-refractivity contribution in [2.24, 2.45) is 7.05 Å². The van der Waals surface area contributed by atoms with E-state index in [9.17, 15) is 0 Å². The van der Waals surface area contributed by atoms with Gasteiger partial charge in [0.15, 0.2) is 0 Å². The van der Waals surface area contributed by atoms with Gasteiger partial charge in [-0.1, -0.05) is 45.0 Å². The van der Waals surface area contributed by atoms with Crippen molar-refractivity contribution in [3.05, 3.63) is 41.1 Å². The summed E-state index contributed by atoms with van der Waals surface area (Å²) in [6.07, 6.45) is 0. The van der Waals surface area contributed by atoms with Crippen LogP contribution in [0.4, 0.5) is 0 Å². The van der Waals surface area contributed by atoms with E-state index in [2.05, 4.69) is 64.0 Å². The molecule has 1 aromatic heterocycles. The number of hydrogen-bond donors (Lipinski definition) is 0. The van der Waals surface area contributed by atoms with Crippen molar-refractivity contribution in [2.45, 2.75) is 40.0 Å². The van der Waals surface area contributed by atoms with E-state index in [1.165, 1.54) is 22.4 Å². The minimum Gasteiger partial charge on any atom is -0.272 e.